The minimum atomic E-state index is -1.27. The van der Waals surface area contributed by atoms with Gasteiger partial charge in [-0.1, -0.05) is 49.6 Å². The molecule has 5 nitrogen and oxygen atoms in total. The van der Waals surface area contributed by atoms with Gasteiger partial charge in [-0.2, -0.15) is 0 Å². The molecular formula is C19H21NO4. The molecule has 126 valence electrons. The number of carbonyl (C=O) groups excluding carboxylic acids is 2. The molecule has 1 aromatic carbocycles. The van der Waals surface area contributed by atoms with Gasteiger partial charge in [0.15, 0.2) is 5.54 Å². The molecule has 1 aliphatic rings. The van der Waals surface area contributed by atoms with Crippen molar-refractivity contribution >= 4 is 12.1 Å². The van der Waals surface area contributed by atoms with Crippen LogP contribution in [0.15, 0.2) is 66.8 Å². The lowest BCUT2D eigenvalue weighted by Crippen LogP contribution is -2.57. The highest BCUT2D eigenvalue weighted by Crippen LogP contribution is 2.31. The highest BCUT2D eigenvalue weighted by Gasteiger charge is 2.45. The van der Waals surface area contributed by atoms with E-state index in [9.17, 15) is 9.59 Å². The van der Waals surface area contributed by atoms with Crippen LogP contribution in [0.1, 0.15) is 12.5 Å². The number of rotatable bonds is 4. The molecule has 0 saturated heterocycles. The van der Waals surface area contributed by atoms with Crippen molar-refractivity contribution in [2.75, 3.05) is 13.7 Å². The summed E-state index contributed by atoms with van der Waals surface area (Å²) >= 11 is 0. The number of hydrogen-bond donors (Lipinski definition) is 0. The molecule has 24 heavy (non-hydrogen) atoms. The first-order chi connectivity index (χ1) is 11.4. The molecule has 1 aromatic rings. The summed E-state index contributed by atoms with van der Waals surface area (Å²) in [6.07, 6.45) is 2.63. The average molecular weight is 327 g/mol. The van der Waals surface area contributed by atoms with Crippen LogP contribution >= 0.6 is 0 Å². The Morgan fingerprint density at radius 1 is 1.33 bits per heavy atom. The van der Waals surface area contributed by atoms with E-state index < -0.39 is 17.6 Å². The molecule has 5 heteroatoms. The SMILES string of the molecule is C=CC1=CC(C)(C(=O)OC)N(C(=O)OCc2ccccc2)CC1=C. The first kappa shape index (κ1) is 17.5. The molecule has 1 aliphatic heterocycles. The molecule has 0 aliphatic carbocycles. The Morgan fingerprint density at radius 3 is 2.58 bits per heavy atom. The van der Waals surface area contributed by atoms with Crippen molar-refractivity contribution in [1.82, 2.24) is 4.90 Å². The molecule has 0 N–H and O–H groups in total. The Morgan fingerprint density at radius 2 is 2.00 bits per heavy atom. The first-order valence-corrected chi connectivity index (χ1v) is 7.52. The predicted octanol–water partition coefficient (Wildman–Crippen LogP) is 3.24. The zero-order valence-electron chi connectivity index (χ0n) is 14.0. The molecule has 0 bridgehead atoms. The van der Waals surface area contributed by atoms with Crippen molar-refractivity contribution in [3.05, 3.63) is 72.4 Å². The van der Waals surface area contributed by atoms with Gasteiger partial charge in [0.05, 0.1) is 13.7 Å². The summed E-state index contributed by atoms with van der Waals surface area (Å²) in [5.74, 6) is -0.550. The van der Waals surface area contributed by atoms with Gasteiger partial charge in [0.25, 0.3) is 0 Å². The van der Waals surface area contributed by atoms with E-state index in [0.29, 0.717) is 5.57 Å². The van der Waals surface area contributed by atoms with Crippen LogP contribution in [0.5, 0.6) is 0 Å². The fourth-order valence-corrected chi connectivity index (χ4v) is 2.56. The fraction of sp³-hybridized carbons (Fsp3) is 0.263. The van der Waals surface area contributed by atoms with E-state index in [2.05, 4.69) is 13.2 Å². The maximum atomic E-state index is 12.5. The Labute approximate surface area is 141 Å². The quantitative estimate of drug-likeness (QED) is 0.797. The zero-order chi connectivity index (χ0) is 17.7. The van der Waals surface area contributed by atoms with Crippen LogP contribution in [0, 0.1) is 0 Å². The molecule has 1 atom stereocenters. The van der Waals surface area contributed by atoms with E-state index in [0.717, 1.165) is 11.1 Å². The average Bonchev–Trinajstić information content (AvgIpc) is 2.61. The van der Waals surface area contributed by atoms with E-state index in [-0.39, 0.29) is 13.2 Å². The number of amides is 1. The van der Waals surface area contributed by atoms with Crippen LogP contribution in [0.3, 0.4) is 0 Å². The van der Waals surface area contributed by atoms with Crippen molar-refractivity contribution in [1.29, 1.82) is 0 Å². The molecule has 0 aromatic heterocycles. The van der Waals surface area contributed by atoms with Gasteiger partial charge >= 0.3 is 12.1 Å². The Kier molecular flexibility index (Phi) is 5.24. The van der Waals surface area contributed by atoms with Crippen LogP contribution in [0.25, 0.3) is 0 Å². The van der Waals surface area contributed by atoms with Gasteiger partial charge in [0.2, 0.25) is 0 Å². The van der Waals surface area contributed by atoms with Crippen LogP contribution in [0.4, 0.5) is 4.79 Å². The standard InChI is InChI=1S/C19H21NO4/c1-5-16-11-19(3,17(21)23-4)20(12-14(16)2)18(22)24-13-15-9-7-6-8-10-15/h5-11H,1-2,12-13H2,3-4H3. The molecule has 0 spiro atoms. The molecule has 0 fully saturated rings. The van der Waals surface area contributed by atoms with Gasteiger partial charge in [-0.05, 0) is 29.7 Å². The van der Waals surface area contributed by atoms with Crippen molar-refractivity contribution < 1.29 is 19.1 Å². The largest absolute Gasteiger partial charge is 0.467 e. The number of esters is 1. The van der Waals surface area contributed by atoms with E-state index >= 15 is 0 Å². The number of hydrogen-bond acceptors (Lipinski definition) is 4. The predicted molar refractivity (Wildman–Crippen MR) is 91.2 cm³/mol. The molecule has 0 radical (unpaired) electrons. The van der Waals surface area contributed by atoms with E-state index in [4.69, 9.17) is 9.47 Å². The van der Waals surface area contributed by atoms with Crippen LogP contribution < -0.4 is 0 Å². The van der Waals surface area contributed by atoms with Gasteiger partial charge in [0, 0.05) is 0 Å². The highest BCUT2D eigenvalue weighted by atomic mass is 16.6. The summed E-state index contributed by atoms with van der Waals surface area (Å²) in [5.41, 5.74) is 0.995. The third kappa shape index (κ3) is 3.40. The molecule has 1 heterocycles. The topological polar surface area (TPSA) is 55.8 Å². The lowest BCUT2D eigenvalue weighted by Gasteiger charge is -2.40. The number of allylic oxidation sites excluding steroid dienone is 1. The molecular weight excluding hydrogens is 306 g/mol. The second-order valence-electron chi connectivity index (χ2n) is 5.67. The molecule has 0 saturated carbocycles. The van der Waals surface area contributed by atoms with Crippen molar-refractivity contribution in [3.8, 4) is 0 Å². The second kappa shape index (κ2) is 7.17. The lowest BCUT2D eigenvalue weighted by atomic mass is 9.88. The van der Waals surface area contributed by atoms with Gasteiger partial charge in [-0.3, -0.25) is 4.90 Å². The van der Waals surface area contributed by atoms with Crippen LogP contribution in [-0.2, 0) is 20.9 Å². The van der Waals surface area contributed by atoms with Gasteiger partial charge in [-0.25, -0.2) is 9.59 Å². The van der Waals surface area contributed by atoms with Crippen molar-refractivity contribution in [2.45, 2.75) is 19.1 Å². The third-order valence-corrected chi connectivity index (χ3v) is 4.00. The van der Waals surface area contributed by atoms with E-state index in [1.54, 1.807) is 19.1 Å². The van der Waals surface area contributed by atoms with Gasteiger partial charge in [0.1, 0.15) is 6.61 Å². The van der Waals surface area contributed by atoms with Crippen molar-refractivity contribution in [2.24, 2.45) is 0 Å². The maximum Gasteiger partial charge on any atom is 0.411 e. The summed E-state index contributed by atoms with van der Waals surface area (Å²) < 4.78 is 10.2. The molecule has 2 rings (SSSR count). The minimum absolute atomic E-state index is 0.123. The fourth-order valence-electron chi connectivity index (χ4n) is 2.56. The first-order valence-electron chi connectivity index (χ1n) is 7.52. The second-order valence-corrected chi connectivity index (χ2v) is 5.67. The Bertz CT molecular complexity index is 693. The van der Waals surface area contributed by atoms with Crippen molar-refractivity contribution in [3.63, 3.8) is 0 Å². The number of nitrogens with zero attached hydrogens (tertiary/aromatic N) is 1. The normalized spacial score (nSPS) is 20.2. The Hall–Kier alpha value is -2.82. The summed E-state index contributed by atoms with van der Waals surface area (Å²) in [5, 5.41) is 0. The summed E-state index contributed by atoms with van der Waals surface area (Å²) in [6.45, 7) is 9.54. The minimum Gasteiger partial charge on any atom is -0.467 e. The van der Waals surface area contributed by atoms with Crippen LogP contribution in [-0.4, -0.2) is 36.2 Å². The number of methoxy groups -OCH3 is 1. The molecule has 1 unspecified atom stereocenters. The van der Waals surface area contributed by atoms with Crippen LogP contribution in [0.2, 0.25) is 0 Å². The van der Waals surface area contributed by atoms with Gasteiger partial charge < -0.3 is 9.47 Å². The third-order valence-electron chi connectivity index (χ3n) is 4.00. The summed E-state index contributed by atoms with van der Waals surface area (Å²) in [7, 11) is 1.28. The van der Waals surface area contributed by atoms with E-state index in [1.165, 1.54) is 12.0 Å². The zero-order valence-corrected chi connectivity index (χ0v) is 14.0. The summed E-state index contributed by atoms with van der Waals surface area (Å²) in [4.78, 5) is 26.1. The number of carbonyl (C=O) groups is 2. The maximum absolute atomic E-state index is 12.5. The Balaban J connectivity index is 2.24. The molecule has 1 amide bonds. The monoisotopic (exact) mass is 327 g/mol. The lowest BCUT2D eigenvalue weighted by molar-refractivity contribution is -0.150. The highest BCUT2D eigenvalue weighted by molar-refractivity contribution is 5.89. The smallest absolute Gasteiger partial charge is 0.411 e. The number of ether oxygens (including phenoxy) is 2. The number of benzene rings is 1. The summed E-state index contributed by atoms with van der Waals surface area (Å²) in [6, 6.07) is 9.33. The van der Waals surface area contributed by atoms with Gasteiger partial charge in [-0.15, -0.1) is 0 Å². The van der Waals surface area contributed by atoms with E-state index in [1.807, 2.05) is 30.3 Å².